The Kier molecular flexibility index (Phi) is 6.93. The minimum atomic E-state index is -0.168. The van der Waals surface area contributed by atoms with Gasteiger partial charge in [-0.25, -0.2) is 0 Å². The molecule has 146 valence electrons. The minimum absolute atomic E-state index is 0.168. The van der Waals surface area contributed by atoms with Gasteiger partial charge < -0.3 is 19.4 Å². The van der Waals surface area contributed by atoms with E-state index in [0.29, 0.717) is 24.7 Å². The van der Waals surface area contributed by atoms with Crippen LogP contribution in [0.15, 0.2) is 34.7 Å². The van der Waals surface area contributed by atoms with Crippen molar-refractivity contribution in [2.75, 3.05) is 26.2 Å². The number of benzene rings is 1. The molecule has 1 amide bonds. The first-order chi connectivity index (χ1) is 13.2. The Morgan fingerprint density at radius 1 is 1.15 bits per heavy atom. The lowest BCUT2D eigenvalue weighted by molar-refractivity contribution is 0.0920. The zero-order valence-corrected chi connectivity index (χ0v) is 16.4. The lowest BCUT2D eigenvalue weighted by Crippen LogP contribution is -2.29. The second kappa shape index (κ2) is 9.60. The molecule has 2 aromatic rings. The molecule has 1 aromatic heterocycles. The largest absolute Gasteiger partial charge is 0.486 e. The minimum Gasteiger partial charge on any atom is -0.486 e. The summed E-state index contributed by atoms with van der Waals surface area (Å²) in [4.78, 5) is 14.5. The van der Waals surface area contributed by atoms with Crippen LogP contribution in [0.1, 0.15) is 54.1 Å². The highest BCUT2D eigenvalue weighted by atomic mass is 16.5. The van der Waals surface area contributed by atoms with Gasteiger partial charge in [-0.2, -0.15) is 0 Å². The predicted octanol–water partition coefficient (Wildman–Crippen LogP) is 3.81. The number of hydrogen-bond acceptors (Lipinski definition) is 4. The van der Waals surface area contributed by atoms with Crippen molar-refractivity contribution in [3.63, 3.8) is 0 Å². The molecule has 0 radical (unpaired) electrons. The van der Waals surface area contributed by atoms with Crippen LogP contribution >= 0.6 is 0 Å². The van der Waals surface area contributed by atoms with Gasteiger partial charge in [0, 0.05) is 6.54 Å². The second-order valence-electron chi connectivity index (χ2n) is 6.98. The van der Waals surface area contributed by atoms with Crippen molar-refractivity contribution < 1.29 is 13.9 Å². The van der Waals surface area contributed by atoms with Gasteiger partial charge in [-0.05, 0) is 80.7 Å². The highest BCUT2D eigenvalue weighted by Gasteiger charge is 2.13. The van der Waals surface area contributed by atoms with Gasteiger partial charge in [0.2, 0.25) is 0 Å². The summed E-state index contributed by atoms with van der Waals surface area (Å²) in [5.74, 6) is 1.68. The zero-order chi connectivity index (χ0) is 19.1. The first-order valence-electron chi connectivity index (χ1n) is 10.0. The van der Waals surface area contributed by atoms with Gasteiger partial charge in [0.25, 0.3) is 5.91 Å². The average molecular weight is 370 g/mol. The molecular formula is C22H30N2O3. The van der Waals surface area contributed by atoms with E-state index in [2.05, 4.69) is 36.2 Å². The first kappa shape index (κ1) is 19.5. The summed E-state index contributed by atoms with van der Waals surface area (Å²) in [5.41, 5.74) is 2.82. The molecule has 0 fully saturated rings. The molecular weight excluding hydrogens is 340 g/mol. The van der Waals surface area contributed by atoms with Gasteiger partial charge in [-0.1, -0.05) is 19.9 Å². The van der Waals surface area contributed by atoms with Crippen molar-refractivity contribution in [2.45, 2.75) is 46.1 Å². The lowest BCUT2D eigenvalue weighted by Gasteiger charge is -2.17. The van der Waals surface area contributed by atoms with E-state index in [-0.39, 0.29) is 5.91 Å². The maximum absolute atomic E-state index is 12.2. The van der Waals surface area contributed by atoms with Crippen molar-refractivity contribution in [3.05, 3.63) is 53.0 Å². The van der Waals surface area contributed by atoms with Crippen LogP contribution in [0.3, 0.4) is 0 Å². The number of rotatable bonds is 10. The Morgan fingerprint density at radius 2 is 1.96 bits per heavy atom. The third-order valence-electron chi connectivity index (χ3n) is 5.17. The number of nitrogens with zero attached hydrogens (tertiary/aromatic N) is 1. The van der Waals surface area contributed by atoms with Gasteiger partial charge in [-0.3, -0.25) is 4.79 Å². The van der Waals surface area contributed by atoms with Crippen LogP contribution in [0.25, 0.3) is 0 Å². The summed E-state index contributed by atoms with van der Waals surface area (Å²) in [6, 6.07) is 9.79. The molecule has 5 nitrogen and oxygen atoms in total. The van der Waals surface area contributed by atoms with E-state index in [1.54, 1.807) is 12.1 Å². The molecule has 0 saturated heterocycles. The van der Waals surface area contributed by atoms with Gasteiger partial charge >= 0.3 is 0 Å². The van der Waals surface area contributed by atoms with E-state index in [0.717, 1.165) is 38.2 Å². The van der Waals surface area contributed by atoms with Crippen LogP contribution < -0.4 is 10.1 Å². The van der Waals surface area contributed by atoms with E-state index >= 15 is 0 Å². The Hall–Kier alpha value is -2.27. The number of nitrogens with one attached hydrogen (secondary N) is 1. The Morgan fingerprint density at radius 3 is 2.78 bits per heavy atom. The molecule has 1 aromatic carbocycles. The lowest BCUT2D eigenvalue weighted by atomic mass is 10.1. The summed E-state index contributed by atoms with van der Waals surface area (Å²) in [7, 11) is 0. The summed E-state index contributed by atoms with van der Waals surface area (Å²) in [6.07, 6.45) is 4.46. The second-order valence-corrected chi connectivity index (χ2v) is 6.98. The van der Waals surface area contributed by atoms with Crippen LogP contribution in [-0.4, -0.2) is 37.0 Å². The van der Waals surface area contributed by atoms with Crippen molar-refractivity contribution in [3.8, 4) is 5.75 Å². The molecule has 1 N–H and O–H groups in total. The molecule has 0 bridgehead atoms. The van der Waals surface area contributed by atoms with Crippen molar-refractivity contribution in [1.82, 2.24) is 10.2 Å². The Bertz CT molecular complexity index is 750. The average Bonchev–Trinajstić information content (AvgIpc) is 3.35. The van der Waals surface area contributed by atoms with Gasteiger partial charge in [-0.15, -0.1) is 0 Å². The Balaban J connectivity index is 1.43. The van der Waals surface area contributed by atoms with Crippen LogP contribution in [-0.2, 0) is 19.4 Å². The van der Waals surface area contributed by atoms with Crippen molar-refractivity contribution >= 4 is 5.91 Å². The van der Waals surface area contributed by atoms with Crippen LogP contribution in [0, 0.1) is 0 Å². The maximum atomic E-state index is 12.2. The molecule has 0 spiro atoms. The van der Waals surface area contributed by atoms with E-state index in [4.69, 9.17) is 9.15 Å². The number of carbonyl (C=O) groups is 1. The summed E-state index contributed by atoms with van der Waals surface area (Å²) in [6.45, 7) is 8.34. The molecule has 1 heterocycles. The third-order valence-corrected chi connectivity index (χ3v) is 5.17. The normalized spacial score (nSPS) is 13.0. The first-order valence-corrected chi connectivity index (χ1v) is 10.0. The maximum Gasteiger partial charge on any atom is 0.286 e. The van der Waals surface area contributed by atoms with E-state index in [9.17, 15) is 4.79 Å². The van der Waals surface area contributed by atoms with Gasteiger partial charge in [0.1, 0.15) is 18.1 Å². The molecule has 0 unspecified atom stereocenters. The SMILES string of the molecule is CCN(CC)CCCNC(=O)c1ccc(COc2ccc3c(c2)CCC3)o1. The van der Waals surface area contributed by atoms with E-state index in [1.807, 2.05) is 6.07 Å². The number of fused-ring (bicyclic) bond motifs is 1. The predicted molar refractivity (Wildman–Crippen MR) is 106 cm³/mol. The molecule has 1 aliphatic rings. The molecule has 1 aliphatic carbocycles. The van der Waals surface area contributed by atoms with Crippen LogP contribution in [0.5, 0.6) is 5.75 Å². The fourth-order valence-corrected chi connectivity index (χ4v) is 3.50. The summed E-state index contributed by atoms with van der Waals surface area (Å²) in [5, 5.41) is 2.92. The Labute approximate surface area is 161 Å². The smallest absolute Gasteiger partial charge is 0.286 e. The molecule has 0 aliphatic heterocycles. The molecule has 3 rings (SSSR count). The quantitative estimate of drug-likeness (QED) is 0.646. The zero-order valence-electron chi connectivity index (χ0n) is 16.4. The van der Waals surface area contributed by atoms with Crippen LogP contribution in [0.2, 0.25) is 0 Å². The van der Waals surface area contributed by atoms with E-state index in [1.165, 1.54) is 24.0 Å². The summed E-state index contributed by atoms with van der Waals surface area (Å²) < 4.78 is 11.5. The highest BCUT2D eigenvalue weighted by molar-refractivity contribution is 5.91. The number of carbonyl (C=O) groups excluding carboxylic acids is 1. The number of ether oxygens (including phenoxy) is 1. The monoisotopic (exact) mass is 370 g/mol. The van der Waals surface area contributed by atoms with Crippen molar-refractivity contribution in [1.29, 1.82) is 0 Å². The number of hydrogen-bond donors (Lipinski definition) is 1. The van der Waals surface area contributed by atoms with Gasteiger partial charge in [0.15, 0.2) is 5.76 Å². The fraction of sp³-hybridized carbons (Fsp3) is 0.500. The number of aryl methyl sites for hydroxylation is 2. The number of furan rings is 1. The highest BCUT2D eigenvalue weighted by Crippen LogP contribution is 2.26. The fourth-order valence-electron chi connectivity index (χ4n) is 3.50. The molecule has 0 saturated carbocycles. The molecule has 27 heavy (non-hydrogen) atoms. The van der Waals surface area contributed by atoms with E-state index < -0.39 is 0 Å². The summed E-state index contributed by atoms with van der Waals surface area (Å²) >= 11 is 0. The molecule has 0 atom stereocenters. The number of amides is 1. The molecule has 5 heteroatoms. The van der Waals surface area contributed by atoms with Gasteiger partial charge in [0.05, 0.1) is 0 Å². The standard InChI is InChI=1S/C22H30N2O3/c1-3-24(4-2)14-6-13-23-22(25)21-12-11-20(27-21)16-26-19-10-9-17-7-5-8-18(17)15-19/h9-12,15H,3-8,13-14,16H2,1-2H3,(H,23,25). The third kappa shape index (κ3) is 5.36. The topological polar surface area (TPSA) is 54.7 Å². The van der Waals surface area contributed by atoms with Crippen molar-refractivity contribution in [2.24, 2.45) is 0 Å². The van der Waals surface area contributed by atoms with Crippen LogP contribution in [0.4, 0.5) is 0 Å².